The highest BCUT2D eigenvalue weighted by Crippen LogP contribution is 2.47. The van der Waals surface area contributed by atoms with Gasteiger partial charge < -0.3 is 4.90 Å². The lowest BCUT2D eigenvalue weighted by Gasteiger charge is -2.31. The fourth-order valence-electron chi connectivity index (χ4n) is 5.03. The molecule has 1 unspecified atom stereocenters. The number of nitrogens with zero attached hydrogens (tertiary/aromatic N) is 8. The largest absolute Gasteiger partial charge is 0.341 e. The lowest BCUT2D eigenvalue weighted by Crippen LogP contribution is -2.35. The third-order valence-corrected chi connectivity index (χ3v) is 7.12. The van der Waals surface area contributed by atoms with Gasteiger partial charge in [-0.3, -0.25) is 9.47 Å². The van der Waals surface area contributed by atoms with Gasteiger partial charge in [0.15, 0.2) is 5.82 Å². The molecule has 3 aliphatic rings. The van der Waals surface area contributed by atoms with Gasteiger partial charge in [0.2, 0.25) is 5.95 Å². The van der Waals surface area contributed by atoms with E-state index in [1.165, 1.54) is 0 Å². The van der Waals surface area contributed by atoms with Crippen molar-refractivity contribution >= 4 is 17.5 Å². The van der Waals surface area contributed by atoms with Crippen LogP contribution >= 0.6 is 11.6 Å². The maximum atomic E-state index is 13.9. The van der Waals surface area contributed by atoms with E-state index in [0.717, 1.165) is 43.0 Å². The summed E-state index contributed by atoms with van der Waals surface area (Å²) < 4.78 is 29.9. The van der Waals surface area contributed by atoms with Gasteiger partial charge in [0, 0.05) is 43.2 Å². The molecule has 2 aromatic heterocycles. The Morgan fingerprint density at radius 2 is 1.91 bits per heavy atom. The zero-order chi connectivity index (χ0) is 23.4. The summed E-state index contributed by atoms with van der Waals surface area (Å²) in [6, 6.07) is 8.46. The molecule has 6 rings (SSSR count). The van der Waals surface area contributed by atoms with E-state index in [1.54, 1.807) is 17.2 Å². The molecule has 0 spiro atoms. The summed E-state index contributed by atoms with van der Waals surface area (Å²) in [5.74, 6) is -0.442. The van der Waals surface area contributed by atoms with Crippen LogP contribution in [0, 0.1) is 11.3 Å². The number of rotatable bonds is 3. The second-order valence-electron chi connectivity index (χ2n) is 9.08. The molecule has 2 aliphatic heterocycles. The minimum absolute atomic E-state index is 0.128. The zero-order valence-corrected chi connectivity index (χ0v) is 19.0. The lowest BCUT2D eigenvalue weighted by atomic mass is 9.95. The summed E-state index contributed by atoms with van der Waals surface area (Å²) in [6.45, 7) is 2.14. The number of hydrogen-bond acceptors (Lipinski definition) is 7. The topological polar surface area (TPSA) is 86.8 Å². The number of piperidine rings is 1. The second-order valence-corrected chi connectivity index (χ2v) is 9.52. The van der Waals surface area contributed by atoms with Gasteiger partial charge in [-0.25, -0.2) is 18.7 Å². The van der Waals surface area contributed by atoms with E-state index >= 15 is 0 Å². The van der Waals surface area contributed by atoms with Gasteiger partial charge in [-0.15, -0.1) is 10.2 Å². The smallest absolute Gasteiger partial charge is 0.265 e. The first-order valence-electron chi connectivity index (χ1n) is 11.3. The van der Waals surface area contributed by atoms with E-state index in [4.69, 9.17) is 16.9 Å². The van der Waals surface area contributed by atoms with Gasteiger partial charge in [0.25, 0.3) is 5.92 Å². The Bertz CT molecular complexity index is 1290. The van der Waals surface area contributed by atoms with Gasteiger partial charge in [0.05, 0.1) is 18.3 Å². The number of nitriles is 1. The third kappa shape index (κ3) is 3.69. The van der Waals surface area contributed by atoms with Crippen LogP contribution in [0.5, 0.6) is 0 Å². The van der Waals surface area contributed by atoms with Crippen LogP contribution in [0.1, 0.15) is 48.1 Å². The number of benzene rings is 1. The minimum Gasteiger partial charge on any atom is -0.341 e. The summed E-state index contributed by atoms with van der Waals surface area (Å²) in [5, 5.41) is 18.7. The van der Waals surface area contributed by atoms with Gasteiger partial charge >= 0.3 is 0 Å². The minimum atomic E-state index is -2.66. The number of anilines is 1. The van der Waals surface area contributed by atoms with Gasteiger partial charge in [0.1, 0.15) is 17.6 Å². The average Bonchev–Trinajstić information content (AvgIpc) is 3.35. The highest BCUT2D eigenvalue weighted by atomic mass is 35.5. The van der Waals surface area contributed by atoms with Crippen molar-refractivity contribution in [1.82, 2.24) is 29.6 Å². The van der Waals surface area contributed by atoms with Crippen LogP contribution in [0.2, 0.25) is 5.02 Å². The fourth-order valence-corrected chi connectivity index (χ4v) is 5.23. The van der Waals surface area contributed by atoms with E-state index in [-0.39, 0.29) is 12.3 Å². The van der Waals surface area contributed by atoms with Crippen molar-refractivity contribution in [2.45, 2.75) is 50.2 Å². The van der Waals surface area contributed by atoms with Crippen molar-refractivity contribution < 1.29 is 8.78 Å². The first kappa shape index (κ1) is 21.4. The first-order chi connectivity index (χ1) is 16.4. The summed E-state index contributed by atoms with van der Waals surface area (Å²) in [4.78, 5) is 12.5. The van der Waals surface area contributed by atoms with Crippen molar-refractivity contribution in [3.8, 4) is 11.8 Å². The molecule has 1 aliphatic carbocycles. The molecule has 11 heteroatoms. The Kier molecular flexibility index (Phi) is 5.00. The second kappa shape index (κ2) is 7.96. The third-order valence-electron chi connectivity index (χ3n) is 6.89. The van der Waals surface area contributed by atoms with Gasteiger partial charge in [-0.2, -0.15) is 5.26 Å². The van der Waals surface area contributed by atoms with E-state index in [9.17, 15) is 8.78 Å². The zero-order valence-electron chi connectivity index (χ0n) is 18.2. The van der Waals surface area contributed by atoms with Crippen molar-refractivity contribution in [3.63, 3.8) is 0 Å². The fraction of sp³-hybridized carbons (Fsp3) is 0.435. The quantitative estimate of drug-likeness (QED) is 0.562. The average molecular weight is 483 g/mol. The van der Waals surface area contributed by atoms with Crippen LogP contribution in [0.4, 0.5) is 14.7 Å². The molecule has 3 aromatic rings. The van der Waals surface area contributed by atoms with Crippen LogP contribution in [-0.2, 0) is 13.1 Å². The number of fused-ring (bicyclic) bond motifs is 3. The Balaban J connectivity index is 1.29. The summed E-state index contributed by atoms with van der Waals surface area (Å²) >= 11 is 6.27. The van der Waals surface area contributed by atoms with Gasteiger partial charge in [-0.05, 0) is 42.7 Å². The first-order valence-corrected chi connectivity index (χ1v) is 11.6. The Labute approximate surface area is 199 Å². The molecule has 34 heavy (non-hydrogen) atoms. The standard InChI is InChI=1S/C23H21ClF2N8/c24-16-1-2-18-15(9-16)12-33(19-10-23(19,25)26)13-20-30-31-21(34(18)20)14-4-7-32(8-5-14)22-28-6-3-17(11-27)29-22/h1-3,6,9,14,19H,4-5,7-8,10,12-13H2. The molecule has 1 saturated carbocycles. The maximum absolute atomic E-state index is 13.9. The summed E-state index contributed by atoms with van der Waals surface area (Å²) in [5.41, 5.74) is 2.14. The molecule has 0 radical (unpaired) electrons. The lowest BCUT2D eigenvalue weighted by molar-refractivity contribution is 0.0663. The highest BCUT2D eigenvalue weighted by molar-refractivity contribution is 6.30. The SMILES string of the molecule is N#Cc1ccnc(N2CCC(c3nnc4n3-c3ccc(Cl)cc3CN(C3CC3(F)F)C4)CC2)n1. The highest BCUT2D eigenvalue weighted by Gasteiger charge is 2.60. The normalized spacial score (nSPS) is 21.9. The molecule has 8 nitrogen and oxygen atoms in total. The summed E-state index contributed by atoms with van der Waals surface area (Å²) in [7, 11) is 0. The molecule has 2 fully saturated rings. The Morgan fingerprint density at radius 1 is 1.12 bits per heavy atom. The molecule has 1 saturated heterocycles. The number of hydrogen-bond donors (Lipinski definition) is 0. The molecular formula is C23H21ClF2N8. The van der Waals surface area contributed by atoms with Crippen molar-refractivity contribution in [2.24, 2.45) is 0 Å². The molecule has 4 heterocycles. The van der Waals surface area contributed by atoms with E-state index in [0.29, 0.717) is 35.6 Å². The van der Waals surface area contributed by atoms with Crippen LogP contribution in [0.3, 0.4) is 0 Å². The predicted molar refractivity (Wildman–Crippen MR) is 120 cm³/mol. The monoisotopic (exact) mass is 482 g/mol. The van der Waals surface area contributed by atoms with Crippen LogP contribution < -0.4 is 4.90 Å². The van der Waals surface area contributed by atoms with Crippen molar-refractivity contribution in [2.75, 3.05) is 18.0 Å². The Morgan fingerprint density at radius 3 is 2.65 bits per heavy atom. The van der Waals surface area contributed by atoms with E-state index in [2.05, 4.69) is 31.1 Å². The molecule has 0 bridgehead atoms. The number of alkyl halides is 2. The van der Waals surface area contributed by atoms with Crippen molar-refractivity contribution in [1.29, 1.82) is 5.26 Å². The number of halogens is 3. The molecule has 174 valence electrons. The van der Waals surface area contributed by atoms with Crippen LogP contribution in [0.15, 0.2) is 30.5 Å². The number of aromatic nitrogens is 5. The molecule has 0 amide bonds. The van der Waals surface area contributed by atoms with E-state index in [1.807, 2.05) is 22.8 Å². The molecule has 1 atom stereocenters. The Hall–Kier alpha value is -3.16. The summed E-state index contributed by atoms with van der Waals surface area (Å²) in [6.07, 6.45) is 3.09. The molecule has 0 N–H and O–H groups in total. The predicted octanol–water partition coefficient (Wildman–Crippen LogP) is 3.69. The molecule has 1 aromatic carbocycles. The van der Waals surface area contributed by atoms with Crippen molar-refractivity contribution in [3.05, 3.63) is 58.4 Å². The van der Waals surface area contributed by atoms with Crippen LogP contribution in [0.25, 0.3) is 5.69 Å². The van der Waals surface area contributed by atoms with E-state index < -0.39 is 12.0 Å². The maximum Gasteiger partial charge on any atom is 0.265 e. The van der Waals surface area contributed by atoms with Gasteiger partial charge in [-0.1, -0.05) is 11.6 Å². The van der Waals surface area contributed by atoms with Crippen LogP contribution in [-0.4, -0.2) is 54.7 Å². The molecular weight excluding hydrogens is 462 g/mol.